The van der Waals surface area contributed by atoms with Crippen LogP contribution < -0.4 is 10.4 Å². The van der Waals surface area contributed by atoms with Crippen molar-refractivity contribution in [1.82, 2.24) is 10.4 Å². The number of nitrogens with zero attached hydrogens (tertiary/aromatic N) is 3. The Hall–Kier alpha value is -2.97. The standard InChI is InChI=1S/C18H20N4O4/c23-18(19-24)15-7-4-8-16(22(25)26)17(15)21-11-9-20(10-12-21)13-14-5-2-1-3-6-14/h1-8,24H,9-13H2,(H,19,23). The molecule has 26 heavy (non-hydrogen) atoms. The van der Waals surface area contributed by atoms with Crippen LogP contribution in [0.15, 0.2) is 48.5 Å². The second-order valence-corrected chi connectivity index (χ2v) is 6.12. The predicted octanol–water partition coefficient (Wildman–Crippen LogP) is 2.04. The number of rotatable bonds is 5. The minimum atomic E-state index is -0.754. The van der Waals surface area contributed by atoms with Gasteiger partial charge in [0.15, 0.2) is 0 Å². The number of carbonyl (C=O) groups excluding carboxylic acids is 1. The monoisotopic (exact) mass is 356 g/mol. The topological polar surface area (TPSA) is 98.9 Å². The van der Waals surface area contributed by atoms with Gasteiger partial charge in [0, 0.05) is 38.8 Å². The number of benzene rings is 2. The van der Waals surface area contributed by atoms with E-state index < -0.39 is 10.8 Å². The van der Waals surface area contributed by atoms with Crippen molar-refractivity contribution in [2.24, 2.45) is 0 Å². The number of nitrogens with one attached hydrogen (secondary N) is 1. The summed E-state index contributed by atoms with van der Waals surface area (Å²) in [6, 6.07) is 14.4. The Balaban J connectivity index is 1.78. The van der Waals surface area contributed by atoms with Gasteiger partial charge in [-0.3, -0.25) is 25.0 Å². The number of piperazine rings is 1. The predicted molar refractivity (Wildman–Crippen MR) is 96.3 cm³/mol. The minimum Gasteiger partial charge on any atom is -0.363 e. The fraction of sp³-hybridized carbons (Fsp3) is 0.278. The van der Waals surface area contributed by atoms with Crippen LogP contribution in [0.2, 0.25) is 0 Å². The smallest absolute Gasteiger partial charge is 0.293 e. The summed E-state index contributed by atoms with van der Waals surface area (Å²) in [5.41, 5.74) is 3.00. The summed E-state index contributed by atoms with van der Waals surface area (Å²) in [6.07, 6.45) is 0. The Bertz CT molecular complexity index is 789. The van der Waals surface area contributed by atoms with E-state index in [-0.39, 0.29) is 16.9 Å². The first-order chi connectivity index (χ1) is 12.6. The maximum Gasteiger partial charge on any atom is 0.293 e. The number of hydrogen-bond acceptors (Lipinski definition) is 6. The third-order valence-electron chi connectivity index (χ3n) is 4.50. The molecule has 0 aliphatic carbocycles. The highest BCUT2D eigenvalue weighted by Crippen LogP contribution is 2.33. The van der Waals surface area contributed by atoms with Crippen molar-refractivity contribution in [2.45, 2.75) is 6.54 Å². The molecule has 0 atom stereocenters. The lowest BCUT2D eigenvalue weighted by atomic mass is 10.1. The molecule has 1 amide bonds. The van der Waals surface area contributed by atoms with Crippen LogP contribution in [-0.4, -0.2) is 47.1 Å². The molecular formula is C18H20N4O4. The Morgan fingerprint density at radius 2 is 1.77 bits per heavy atom. The average Bonchev–Trinajstić information content (AvgIpc) is 2.68. The number of carbonyl (C=O) groups is 1. The number of anilines is 1. The number of nitro groups is 1. The second kappa shape index (κ2) is 7.94. The number of para-hydroxylation sites is 1. The van der Waals surface area contributed by atoms with Crippen LogP contribution in [0.25, 0.3) is 0 Å². The van der Waals surface area contributed by atoms with E-state index in [1.807, 2.05) is 23.1 Å². The van der Waals surface area contributed by atoms with Gasteiger partial charge in [-0.15, -0.1) is 0 Å². The van der Waals surface area contributed by atoms with Crippen LogP contribution in [0.3, 0.4) is 0 Å². The summed E-state index contributed by atoms with van der Waals surface area (Å²) < 4.78 is 0. The SMILES string of the molecule is O=C(NO)c1cccc([N+](=O)[O-])c1N1CCN(Cc2ccccc2)CC1. The molecule has 2 aromatic rings. The lowest BCUT2D eigenvalue weighted by Crippen LogP contribution is -2.46. The van der Waals surface area contributed by atoms with E-state index in [2.05, 4.69) is 17.0 Å². The normalized spacial score (nSPS) is 14.9. The Morgan fingerprint density at radius 3 is 2.38 bits per heavy atom. The summed E-state index contributed by atoms with van der Waals surface area (Å²) >= 11 is 0. The van der Waals surface area contributed by atoms with Gasteiger partial charge >= 0.3 is 0 Å². The molecule has 1 aliphatic rings. The molecule has 0 unspecified atom stereocenters. The van der Waals surface area contributed by atoms with Crippen LogP contribution in [0.4, 0.5) is 11.4 Å². The van der Waals surface area contributed by atoms with Gasteiger partial charge in [-0.1, -0.05) is 36.4 Å². The summed E-state index contributed by atoms with van der Waals surface area (Å²) in [5.74, 6) is -0.754. The molecule has 8 nitrogen and oxygen atoms in total. The van der Waals surface area contributed by atoms with E-state index in [0.717, 1.165) is 19.6 Å². The van der Waals surface area contributed by atoms with E-state index in [1.165, 1.54) is 23.8 Å². The largest absolute Gasteiger partial charge is 0.363 e. The molecule has 1 fully saturated rings. The van der Waals surface area contributed by atoms with Crippen molar-refractivity contribution < 1.29 is 14.9 Å². The van der Waals surface area contributed by atoms with Crippen molar-refractivity contribution in [3.8, 4) is 0 Å². The molecule has 3 rings (SSSR count). The highest BCUT2D eigenvalue weighted by molar-refractivity contribution is 6.01. The summed E-state index contributed by atoms with van der Waals surface area (Å²) in [6.45, 7) is 3.38. The van der Waals surface area contributed by atoms with Crippen molar-refractivity contribution in [2.75, 3.05) is 31.1 Å². The van der Waals surface area contributed by atoms with Crippen molar-refractivity contribution in [3.63, 3.8) is 0 Å². The third-order valence-corrected chi connectivity index (χ3v) is 4.50. The fourth-order valence-electron chi connectivity index (χ4n) is 3.23. The van der Waals surface area contributed by atoms with Crippen LogP contribution in [0, 0.1) is 10.1 Å². The van der Waals surface area contributed by atoms with Gasteiger partial charge < -0.3 is 4.90 Å². The number of hydrogen-bond donors (Lipinski definition) is 2. The average molecular weight is 356 g/mol. The Morgan fingerprint density at radius 1 is 1.08 bits per heavy atom. The van der Waals surface area contributed by atoms with Gasteiger partial charge in [0.05, 0.1) is 10.5 Å². The first-order valence-electron chi connectivity index (χ1n) is 8.33. The van der Waals surface area contributed by atoms with Crippen LogP contribution in [0.5, 0.6) is 0 Å². The maximum absolute atomic E-state index is 11.9. The second-order valence-electron chi connectivity index (χ2n) is 6.12. The van der Waals surface area contributed by atoms with Gasteiger partial charge in [-0.2, -0.15) is 0 Å². The summed E-state index contributed by atoms with van der Waals surface area (Å²) in [4.78, 5) is 27.0. The van der Waals surface area contributed by atoms with E-state index in [0.29, 0.717) is 13.1 Å². The number of hydroxylamine groups is 1. The molecule has 8 heteroatoms. The quantitative estimate of drug-likeness (QED) is 0.483. The van der Waals surface area contributed by atoms with Crippen LogP contribution >= 0.6 is 0 Å². The minimum absolute atomic E-state index is 0.0956. The van der Waals surface area contributed by atoms with Crippen molar-refractivity contribution >= 4 is 17.3 Å². The first-order valence-corrected chi connectivity index (χ1v) is 8.33. The van der Waals surface area contributed by atoms with Crippen molar-refractivity contribution in [1.29, 1.82) is 0 Å². The maximum atomic E-state index is 11.9. The van der Waals surface area contributed by atoms with E-state index in [4.69, 9.17) is 5.21 Å². The Labute approximate surface area is 150 Å². The molecule has 1 saturated heterocycles. The van der Waals surface area contributed by atoms with Gasteiger partial charge in [-0.05, 0) is 11.6 Å². The molecule has 1 aliphatic heterocycles. The third kappa shape index (κ3) is 3.81. The van der Waals surface area contributed by atoms with Gasteiger partial charge in [0.1, 0.15) is 5.69 Å². The molecule has 0 spiro atoms. The summed E-state index contributed by atoms with van der Waals surface area (Å²) in [7, 11) is 0. The van der Waals surface area contributed by atoms with Gasteiger partial charge in [0.2, 0.25) is 0 Å². The number of amides is 1. The first kappa shape index (κ1) is 17.8. The molecule has 0 bridgehead atoms. The van der Waals surface area contributed by atoms with Gasteiger partial charge in [-0.25, -0.2) is 5.48 Å². The zero-order valence-corrected chi connectivity index (χ0v) is 14.2. The molecule has 136 valence electrons. The lowest BCUT2D eigenvalue weighted by molar-refractivity contribution is -0.384. The molecule has 2 aromatic carbocycles. The highest BCUT2D eigenvalue weighted by Gasteiger charge is 2.28. The van der Waals surface area contributed by atoms with E-state index in [1.54, 1.807) is 5.48 Å². The zero-order chi connectivity index (χ0) is 18.5. The van der Waals surface area contributed by atoms with Crippen molar-refractivity contribution in [3.05, 3.63) is 69.8 Å². The molecule has 2 N–H and O–H groups in total. The fourth-order valence-corrected chi connectivity index (χ4v) is 3.23. The highest BCUT2D eigenvalue weighted by atomic mass is 16.6. The lowest BCUT2D eigenvalue weighted by Gasteiger charge is -2.36. The van der Waals surface area contributed by atoms with Gasteiger partial charge in [0.25, 0.3) is 11.6 Å². The Kier molecular flexibility index (Phi) is 5.45. The number of nitro benzene ring substituents is 1. The molecule has 0 radical (unpaired) electrons. The molecule has 0 aromatic heterocycles. The van der Waals surface area contributed by atoms with E-state index >= 15 is 0 Å². The molecular weight excluding hydrogens is 336 g/mol. The summed E-state index contributed by atoms with van der Waals surface area (Å²) in [5, 5.41) is 20.4. The molecule has 1 heterocycles. The zero-order valence-electron chi connectivity index (χ0n) is 14.2. The van der Waals surface area contributed by atoms with Crippen LogP contribution in [-0.2, 0) is 6.54 Å². The van der Waals surface area contributed by atoms with Crippen LogP contribution in [0.1, 0.15) is 15.9 Å². The van der Waals surface area contributed by atoms with E-state index in [9.17, 15) is 14.9 Å². The molecule has 0 saturated carbocycles.